The van der Waals surface area contributed by atoms with Crippen LogP contribution in [0.1, 0.15) is 35.0 Å². The summed E-state index contributed by atoms with van der Waals surface area (Å²) in [4.78, 5) is 18.2. The number of aromatic nitrogens is 3. The molecule has 6 rings (SSSR count). The highest BCUT2D eigenvalue weighted by molar-refractivity contribution is 7.92. The second kappa shape index (κ2) is 9.70. The molecule has 3 aromatic carbocycles. The van der Waals surface area contributed by atoms with E-state index in [1.807, 2.05) is 30.3 Å². The highest BCUT2D eigenvalue weighted by Crippen LogP contribution is 2.34. The Morgan fingerprint density at radius 2 is 1.74 bits per heavy atom. The minimum atomic E-state index is -3.78. The van der Waals surface area contributed by atoms with Gasteiger partial charge >= 0.3 is 0 Å². The van der Waals surface area contributed by atoms with Crippen molar-refractivity contribution in [3.8, 4) is 5.13 Å². The van der Waals surface area contributed by atoms with E-state index in [4.69, 9.17) is 10.1 Å². The highest BCUT2D eigenvalue weighted by Gasteiger charge is 2.27. The molecular formula is C28H25N5O3S2. The number of benzene rings is 3. The van der Waals surface area contributed by atoms with Crippen molar-refractivity contribution in [3.05, 3.63) is 95.7 Å². The van der Waals surface area contributed by atoms with Gasteiger partial charge in [-0.1, -0.05) is 41.7 Å². The molecule has 5 aromatic rings. The summed E-state index contributed by atoms with van der Waals surface area (Å²) in [5.74, 6) is 0.292. The summed E-state index contributed by atoms with van der Waals surface area (Å²) in [6.07, 6.45) is 2.68. The van der Waals surface area contributed by atoms with E-state index >= 15 is 0 Å². The van der Waals surface area contributed by atoms with E-state index in [1.54, 1.807) is 48.0 Å². The number of anilines is 2. The first-order valence-electron chi connectivity index (χ1n) is 12.4. The van der Waals surface area contributed by atoms with Crippen molar-refractivity contribution in [2.75, 3.05) is 16.2 Å². The molecule has 192 valence electrons. The Bertz CT molecular complexity index is 1710. The fourth-order valence-electron chi connectivity index (χ4n) is 4.78. The number of sulfonamides is 1. The average molecular weight is 544 g/mol. The molecule has 0 radical (unpaired) electrons. The lowest BCUT2D eigenvalue weighted by molar-refractivity contribution is 0.102. The molecule has 0 unspecified atom stereocenters. The fourth-order valence-corrected chi connectivity index (χ4v) is 7.18. The Morgan fingerprint density at radius 1 is 1.00 bits per heavy atom. The van der Waals surface area contributed by atoms with Gasteiger partial charge in [-0.15, -0.1) is 0 Å². The third-order valence-electron chi connectivity index (χ3n) is 6.64. The van der Waals surface area contributed by atoms with Gasteiger partial charge in [0.15, 0.2) is 0 Å². The molecule has 38 heavy (non-hydrogen) atoms. The van der Waals surface area contributed by atoms with Crippen molar-refractivity contribution in [1.82, 2.24) is 14.8 Å². The van der Waals surface area contributed by atoms with Crippen LogP contribution in [0.25, 0.3) is 15.3 Å². The molecule has 8 nitrogen and oxygen atoms in total. The minimum Gasteiger partial charge on any atom is -0.306 e. The highest BCUT2D eigenvalue weighted by atomic mass is 32.2. The third kappa shape index (κ3) is 4.25. The number of nitrogens with zero attached hydrogens (tertiary/aromatic N) is 4. The van der Waals surface area contributed by atoms with Crippen molar-refractivity contribution in [1.29, 1.82) is 0 Å². The van der Waals surface area contributed by atoms with Crippen LogP contribution >= 0.6 is 11.3 Å². The van der Waals surface area contributed by atoms with Crippen LogP contribution in [-0.2, 0) is 22.9 Å². The number of fused-ring (bicyclic) bond motifs is 2. The smallest absolute Gasteiger partial charge is 0.264 e. The fraction of sp³-hybridized carbons (Fsp3) is 0.179. The largest absolute Gasteiger partial charge is 0.306 e. The van der Waals surface area contributed by atoms with Crippen LogP contribution in [0.15, 0.2) is 83.8 Å². The molecule has 0 bridgehead atoms. The number of thiazole rings is 1. The summed E-state index contributed by atoms with van der Waals surface area (Å²) in [6.45, 7) is 2.08. The Labute approximate surface area is 224 Å². The first-order chi connectivity index (χ1) is 18.5. The third-order valence-corrected chi connectivity index (χ3v) is 9.57. The van der Waals surface area contributed by atoms with E-state index in [0.29, 0.717) is 22.2 Å². The predicted molar refractivity (Wildman–Crippen MR) is 150 cm³/mol. The molecule has 10 heteroatoms. The van der Waals surface area contributed by atoms with Crippen molar-refractivity contribution in [2.24, 2.45) is 0 Å². The molecular weight excluding hydrogens is 518 g/mol. The Kier molecular flexibility index (Phi) is 6.21. The van der Waals surface area contributed by atoms with E-state index in [2.05, 4.69) is 5.32 Å². The first kappa shape index (κ1) is 24.3. The number of hydrogen-bond donors (Lipinski definition) is 1. The normalized spacial score (nSPS) is 13.0. The predicted octanol–water partition coefficient (Wildman–Crippen LogP) is 5.44. The summed E-state index contributed by atoms with van der Waals surface area (Å²) >= 11 is 1.52. The summed E-state index contributed by atoms with van der Waals surface area (Å²) in [7, 11) is -3.78. The van der Waals surface area contributed by atoms with E-state index in [-0.39, 0.29) is 17.3 Å². The van der Waals surface area contributed by atoms with E-state index in [9.17, 15) is 13.2 Å². The summed E-state index contributed by atoms with van der Waals surface area (Å²) < 4.78 is 30.7. The molecule has 1 amide bonds. The van der Waals surface area contributed by atoms with Gasteiger partial charge in [0.25, 0.3) is 15.9 Å². The summed E-state index contributed by atoms with van der Waals surface area (Å²) in [6, 6.07) is 22.9. The van der Waals surface area contributed by atoms with Crippen molar-refractivity contribution >= 4 is 49.0 Å². The number of amides is 1. The zero-order valence-corrected chi connectivity index (χ0v) is 22.3. The number of aryl methyl sites for hydroxylation is 1. The number of hydrogen-bond acceptors (Lipinski definition) is 6. The number of para-hydroxylation sites is 2. The molecule has 0 spiro atoms. The van der Waals surface area contributed by atoms with Gasteiger partial charge in [-0.25, -0.2) is 13.4 Å². The number of rotatable bonds is 7. The lowest BCUT2D eigenvalue weighted by Gasteiger charge is -2.23. The van der Waals surface area contributed by atoms with E-state index < -0.39 is 10.0 Å². The van der Waals surface area contributed by atoms with Crippen molar-refractivity contribution < 1.29 is 13.2 Å². The van der Waals surface area contributed by atoms with Gasteiger partial charge in [0.05, 0.1) is 26.5 Å². The topological polar surface area (TPSA) is 97.2 Å². The minimum absolute atomic E-state index is 0.125. The standard InChI is InChI=1S/C28H25N5O3S2/c1-2-32(20-9-4-3-5-10-20)38(35,36)21-17-15-19(16-18-21)27(34)30-26-22-11-8-13-23(22)31-33(26)28-29-24-12-6-7-14-25(24)37-28/h3-7,9-10,12,14-18H,2,8,11,13H2,1H3,(H,30,34). The Morgan fingerprint density at radius 3 is 2.47 bits per heavy atom. The molecule has 2 aromatic heterocycles. The van der Waals surface area contributed by atoms with Crippen LogP contribution in [0.3, 0.4) is 0 Å². The van der Waals surface area contributed by atoms with Crippen LogP contribution in [0, 0.1) is 0 Å². The molecule has 1 N–H and O–H groups in total. The van der Waals surface area contributed by atoms with Gasteiger partial charge in [-0.2, -0.15) is 9.78 Å². The maximum Gasteiger partial charge on any atom is 0.264 e. The van der Waals surface area contributed by atoms with Gasteiger partial charge in [-0.05, 0) is 74.7 Å². The van der Waals surface area contributed by atoms with E-state index in [0.717, 1.165) is 40.7 Å². The van der Waals surface area contributed by atoms with Crippen LogP contribution in [0.5, 0.6) is 0 Å². The quantitative estimate of drug-likeness (QED) is 0.295. The van der Waals surface area contributed by atoms with Crippen LogP contribution in [-0.4, -0.2) is 35.6 Å². The van der Waals surface area contributed by atoms with Gasteiger partial charge in [-0.3, -0.25) is 9.10 Å². The molecule has 1 aliphatic rings. The number of carbonyl (C=O) groups is 1. The van der Waals surface area contributed by atoms with Crippen molar-refractivity contribution in [2.45, 2.75) is 31.1 Å². The van der Waals surface area contributed by atoms with Gasteiger partial charge < -0.3 is 5.32 Å². The zero-order valence-electron chi connectivity index (χ0n) is 20.7. The lowest BCUT2D eigenvalue weighted by atomic mass is 10.2. The second-order valence-corrected chi connectivity index (χ2v) is 11.9. The first-order valence-corrected chi connectivity index (χ1v) is 14.7. The lowest BCUT2D eigenvalue weighted by Crippen LogP contribution is -2.30. The van der Waals surface area contributed by atoms with Gasteiger partial charge in [0.2, 0.25) is 5.13 Å². The molecule has 0 saturated heterocycles. The SMILES string of the molecule is CCN(c1ccccc1)S(=O)(=O)c1ccc(C(=O)Nc2c3c(nn2-c2nc4ccccc4s2)CCC3)cc1. The zero-order chi connectivity index (χ0) is 26.3. The van der Waals surface area contributed by atoms with Crippen LogP contribution in [0.2, 0.25) is 0 Å². The van der Waals surface area contributed by atoms with Crippen LogP contribution in [0.4, 0.5) is 11.5 Å². The maximum absolute atomic E-state index is 13.3. The summed E-state index contributed by atoms with van der Waals surface area (Å²) in [5, 5.41) is 8.50. The Hall–Kier alpha value is -4.02. The molecule has 0 saturated carbocycles. The second-order valence-electron chi connectivity index (χ2n) is 8.99. The van der Waals surface area contributed by atoms with Gasteiger partial charge in [0.1, 0.15) is 5.82 Å². The van der Waals surface area contributed by atoms with Crippen molar-refractivity contribution in [3.63, 3.8) is 0 Å². The molecule has 2 heterocycles. The molecule has 1 aliphatic carbocycles. The molecule has 0 fully saturated rings. The molecule has 0 aliphatic heterocycles. The summed E-state index contributed by atoms with van der Waals surface area (Å²) in [5.41, 5.74) is 3.83. The number of nitrogens with one attached hydrogen (secondary N) is 1. The Balaban J connectivity index is 1.29. The monoisotopic (exact) mass is 543 g/mol. The molecule has 0 atom stereocenters. The van der Waals surface area contributed by atoms with Gasteiger partial charge in [0, 0.05) is 17.7 Å². The average Bonchev–Trinajstić information content (AvgIpc) is 3.65. The van der Waals surface area contributed by atoms with Crippen LogP contribution < -0.4 is 9.62 Å². The number of carbonyl (C=O) groups excluding carboxylic acids is 1. The van der Waals surface area contributed by atoms with E-state index in [1.165, 1.54) is 27.8 Å². The maximum atomic E-state index is 13.3.